The Hall–Kier alpha value is -3.12. The third-order valence-corrected chi connectivity index (χ3v) is 6.88. The summed E-state index contributed by atoms with van der Waals surface area (Å²) < 4.78 is 28.6. The summed E-state index contributed by atoms with van der Waals surface area (Å²) in [6.45, 7) is 3.55. The molecule has 0 amide bonds. The first kappa shape index (κ1) is 20.6. The van der Waals surface area contributed by atoms with E-state index in [9.17, 15) is 18.3 Å². The fourth-order valence-corrected chi connectivity index (χ4v) is 5.30. The first-order chi connectivity index (χ1) is 13.8. The van der Waals surface area contributed by atoms with E-state index in [-0.39, 0.29) is 11.3 Å². The average Bonchev–Trinajstić information content (AvgIpc) is 2.73. The van der Waals surface area contributed by atoms with Gasteiger partial charge in [0, 0.05) is 0 Å². The number of aryl methyl sites for hydroxylation is 1. The minimum atomic E-state index is -4.18. The Morgan fingerprint density at radius 3 is 1.90 bits per heavy atom. The van der Waals surface area contributed by atoms with Crippen LogP contribution in [0, 0.1) is 6.92 Å². The topological polar surface area (TPSA) is 74.7 Å². The molecule has 1 unspecified atom stereocenters. The Morgan fingerprint density at radius 2 is 1.41 bits per heavy atom. The van der Waals surface area contributed by atoms with Crippen LogP contribution in [0.15, 0.2) is 89.8 Å². The number of para-hydroxylation sites is 1. The molecule has 0 aliphatic heterocycles. The third kappa shape index (κ3) is 3.63. The third-order valence-electron chi connectivity index (χ3n) is 5.01. The van der Waals surface area contributed by atoms with Crippen LogP contribution in [0.1, 0.15) is 24.5 Å². The Balaban J connectivity index is 2.36. The van der Waals surface area contributed by atoms with E-state index in [0.717, 1.165) is 9.87 Å². The van der Waals surface area contributed by atoms with E-state index in [4.69, 9.17) is 0 Å². The lowest BCUT2D eigenvalue weighted by atomic mass is 9.86. The predicted molar refractivity (Wildman–Crippen MR) is 113 cm³/mol. The molecule has 3 aromatic carbocycles. The quantitative estimate of drug-likeness (QED) is 0.620. The van der Waals surface area contributed by atoms with Gasteiger partial charge in [-0.1, -0.05) is 73.2 Å². The van der Waals surface area contributed by atoms with Crippen molar-refractivity contribution in [3.8, 4) is 0 Å². The highest BCUT2D eigenvalue weighted by molar-refractivity contribution is 7.93. The van der Waals surface area contributed by atoms with E-state index in [2.05, 4.69) is 0 Å². The summed E-state index contributed by atoms with van der Waals surface area (Å²) in [6, 6.07) is 23.3. The van der Waals surface area contributed by atoms with Crippen molar-refractivity contribution in [1.29, 1.82) is 0 Å². The fraction of sp³-hybridized carbons (Fsp3) is 0.174. The molecule has 0 aliphatic rings. The highest BCUT2D eigenvalue weighted by atomic mass is 32.2. The molecule has 150 valence electrons. The van der Waals surface area contributed by atoms with Crippen molar-refractivity contribution in [2.45, 2.75) is 30.7 Å². The van der Waals surface area contributed by atoms with Crippen LogP contribution in [0.4, 0.5) is 5.69 Å². The van der Waals surface area contributed by atoms with Gasteiger partial charge in [0.1, 0.15) is 0 Å². The second-order valence-corrected chi connectivity index (χ2v) is 8.59. The lowest BCUT2D eigenvalue weighted by Gasteiger charge is -2.41. The molecule has 0 radical (unpaired) electrons. The Bertz CT molecular complexity index is 1080. The maximum Gasteiger partial charge on any atom is 0.335 e. The van der Waals surface area contributed by atoms with Gasteiger partial charge >= 0.3 is 5.97 Å². The number of benzene rings is 3. The summed E-state index contributed by atoms with van der Waals surface area (Å²) in [5, 5.41) is 10.4. The van der Waals surface area contributed by atoms with E-state index in [1.807, 2.05) is 6.92 Å². The smallest absolute Gasteiger partial charge is 0.335 e. The molecule has 0 heterocycles. The number of sulfonamides is 1. The van der Waals surface area contributed by atoms with Crippen molar-refractivity contribution in [1.82, 2.24) is 0 Å². The minimum absolute atomic E-state index is 0.0435. The maximum atomic E-state index is 13.8. The van der Waals surface area contributed by atoms with Crippen molar-refractivity contribution >= 4 is 21.7 Å². The highest BCUT2D eigenvalue weighted by Gasteiger charge is 2.50. The number of anilines is 1. The molecule has 0 saturated carbocycles. The lowest BCUT2D eigenvalue weighted by molar-refractivity contribution is -0.143. The molecule has 3 aromatic rings. The summed E-state index contributed by atoms with van der Waals surface area (Å²) >= 11 is 0. The Labute approximate surface area is 171 Å². The average molecular weight is 410 g/mol. The summed E-state index contributed by atoms with van der Waals surface area (Å²) in [6.07, 6.45) is 0.0479. The number of nitrogens with zero attached hydrogens (tertiary/aromatic N) is 1. The minimum Gasteiger partial charge on any atom is -0.479 e. The van der Waals surface area contributed by atoms with Crippen LogP contribution in [-0.2, 0) is 20.4 Å². The molecular weight excluding hydrogens is 386 g/mol. The molecule has 1 N–H and O–H groups in total. The van der Waals surface area contributed by atoms with Crippen molar-refractivity contribution < 1.29 is 18.3 Å². The van der Waals surface area contributed by atoms with Gasteiger partial charge in [0.25, 0.3) is 10.0 Å². The van der Waals surface area contributed by atoms with Crippen molar-refractivity contribution in [2.24, 2.45) is 0 Å². The van der Waals surface area contributed by atoms with Gasteiger partial charge in [-0.2, -0.15) is 0 Å². The van der Waals surface area contributed by atoms with Crippen LogP contribution in [-0.4, -0.2) is 19.5 Å². The van der Waals surface area contributed by atoms with Crippen molar-refractivity contribution in [2.75, 3.05) is 4.31 Å². The first-order valence-electron chi connectivity index (χ1n) is 9.30. The van der Waals surface area contributed by atoms with Crippen LogP contribution in [0.3, 0.4) is 0 Å². The van der Waals surface area contributed by atoms with Gasteiger partial charge in [-0.05, 0) is 43.2 Å². The number of aliphatic carboxylic acids is 1. The van der Waals surface area contributed by atoms with Crippen LogP contribution in [0.25, 0.3) is 0 Å². The largest absolute Gasteiger partial charge is 0.479 e. The zero-order chi connectivity index (χ0) is 21.1. The van der Waals surface area contributed by atoms with Gasteiger partial charge in [-0.15, -0.1) is 0 Å². The molecule has 3 rings (SSSR count). The van der Waals surface area contributed by atoms with E-state index in [0.29, 0.717) is 11.3 Å². The van der Waals surface area contributed by atoms with Gasteiger partial charge < -0.3 is 5.11 Å². The van der Waals surface area contributed by atoms with Crippen molar-refractivity contribution in [3.05, 3.63) is 96.1 Å². The van der Waals surface area contributed by atoms with Crippen LogP contribution < -0.4 is 4.31 Å². The number of hydrogen-bond acceptors (Lipinski definition) is 3. The molecule has 0 saturated heterocycles. The lowest BCUT2D eigenvalue weighted by Crippen LogP contribution is -2.54. The molecule has 0 aliphatic carbocycles. The van der Waals surface area contributed by atoms with E-state index in [1.54, 1.807) is 79.7 Å². The zero-order valence-corrected chi connectivity index (χ0v) is 17.1. The van der Waals surface area contributed by atoms with Crippen LogP contribution in [0.5, 0.6) is 0 Å². The summed E-state index contributed by atoms with van der Waals surface area (Å²) in [4.78, 5) is 12.7. The number of carboxylic acids is 1. The Morgan fingerprint density at radius 1 is 0.897 bits per heavy atom. The van der Waals surface area contributed by atoms with Gasteiger partial charge in [0.05, 0.1) is 10.6 Å². The fourth-order valence-electron chi connectivity index (χ4n) is 3.48. The molecule has 0 spiro atoms. The van der Waals surface area contributed by atoms with Crippen LogP contribution in [0.2, 0.25) is 0 Å². The van der Waals surface area contributed by atoms with Gasteiger partial charge in [0.15, 0.2) is 5.54 Å². The molecule has 5 nitrogen and oxygen atoms in total. The summed E-state index contributed by atoms with van der Waals surface area (Å²) in [7, 11) is -4.18. The molecule has 0 fully saturated rings. The first-order valence-corrected chi connectivity index (χ1v) is 10.7. The summed E-state index contributed by atoms with van der Waals surface area (Å²) in [5.74, 6) is -1.23. The van der Waals surface area contributed by atoms with E-state index < -0.39 is 21.5 Å². The zero-order valence-electron chi connectivity index (χ0n) is 16.3. The highest BCUT2D eigenvalue weighted by Crippen LogP contribution is 2.40. The standard InChI is InChI=1S/C23H23NO4S/c1-3-23(22(25)26,19-10-6-4-7-11-19)24(20-12-8-5-9-13-20)29(27,28)21-16-14-18(2)15-17-21/h4-17H,3H2,1-2H3,(H,25,26). The molecule has 0 bridgehead atoms. The monoisotopic (exact) mass is 409 g/mol. The molecule has 29 heavy (non-hydrogen) atoms. The van der Waals surface area contributed by atoms with E-state index >= 15 is 0 Å². The number of carbonyl (C=O) groups is 1. The molecular formula is C23H23NO4S. The van der Waals surface area contributed by atoms with E-state index in [1.165, 1.54) is 12.1 Å². The Kier molecular flexibility index (Phi) is 5.75. The second-order valence-electron chi connectivity index (χ2n) is 6.80. The van der Waals surface area contributed by atoms with Gasteiger partial charge in [-0.3, -0.25) is 0 Å². The van der Waals surface area contributed by atoms with Crippen LogP contribution >= 0.6 is 0 Å². The van der Waals surface area contributed by atoms with Gasteiger partial charge in [0.2, 0.25) is 0 Å². The molecule has 6 heteroatoms. The second kappa shape index (κ2) is 8.09. The van der Waals surface area contributed by atoms with Gasteiger partial charge in [-0.25, -0.2) is 17.5 Å². The number of rotatable bonds is 7. The molecule has 0 aromatic heterocycles. The normalized spacial score (nSPS) is 13.4. The number of carboxylic acid groups (broad SMARTS) is 1. The molecule has 1 atom stereocenters. The predicted octanol–water partition coefficient (Wildman–Crippen LogP) is 4.58. The maximum absolute atomic E-state index is 13.8. The number of hydrogen-bond donors (Lipinski definition) is 1. The SMILES string of the molecule is CCC(C(=O)O)(c1ccccc1)N(c1ccccc1)S(=O)(=O)c1ccc(C)cc1. The summed E-state index contributed by atoms with van der Waals surface area (Å²) in [5.41, 5.74) is -0.194. The van der Waals surface area contributed by atoms with Crippen molar-refractivity contribution in [3.63, 3.8) is 0 Å².